The molecule has 0 bridgehead atoms. The van der Waals surface area contributed by atoms with Crippen molar-refractivity contribution in [2.24, 2.45) is 5.92 Å². The van der Waals surface area contributed by atoms with Gasteiger partial charge in [0.25, 0.3) is 0 Å². The van der Waals surface area contributed by atoms with Crippen LogP contribution in [0.4, 0.5) is 0 Å². The Kier molecular flexibility index (Phi) is 12.6. The molecule has 1 N–H and O–H groups in total. The SMILES string of the molecule is CCCCc1nnc(OC[C@@H]2CCN(C)C[C@H]2O)cc1-c1ccc(OC2CCCCC2)cc1.Cl.Cl. The Morgan fingerprint density at radius 2 is 1.77 bits per heavy atom. The largest absolute Gasteiger partial charge is 0.490 e. The van der Waals surface area contributed by atoms with Crippen molar-refractivity contribution in [1.29, 1.82) is 0 Å². The molecule has 0 amide bonds. The summed E-state index contributed by atoms with van der Waals surface area (Å²) >= 11 is 0. The number of nitrogens with zero attached hydrogens (tertiary/aromatic N) is 3. The van der Waals surface area contributed by atoms with Gasteiger partial charge in [0, 0.05) is 24.1 Å². The number of benzene rings is 1. The number of likely N-dealkylation sites (tertiary alicyclic amines) is 1. The highest BCUT2D eigenvalue weighted by atomic mass is 35.5. The lowest BCUT2D eigenvalue weighted by Crippen LogP contribution is -2.43. The molecule has 2 atom stereocenters. The fourth-order valence-corrected chi connectivity index (χ4v) is 4.86. The number of likely N-dealkylation sites (N-methyl/N-ethyl adjacent to an activating group) is 1. The predicted octanol–water partition coefficient (Wildman–Crippen LogP) is 5.73. The van der Waals surface area contributed by atoms with Gasteiger partial charge >= 0.3 is 0 Å². The highest BCUT2D eigenvalue weighted by Gasteiger charge is 2.26. The van der Waals surface area contributed by atoms with E-state index in [9.17, 15) is 5.11 Å². The number of aliphatic hydroxyl groups excluding tert-OH is 1. The molecule has 196 valence electrons. The minimum absolute atomic E-state index is 0. The number of aryl methyl sites for hydroxylation is 1. The van der Waals surface area contributed by atoms with E-state index in [0.717, 1.165) is 67.6 Å². The summed E-state index contributed by atoms with van der Waals surface area (Å²) in [6.07, 6.45) is 10.2. The van der Waals surface area contributed by atoms with Gasteiger partial charge in [-0.05, 0) is 76.2 Å². The van der Waals surface area contributed by atoms with Gasteiger partial charge in [-0.15, -0.1) is 29.9 Å². The van der Waals surface area contributed by atoms with Crippen molar-refractivity contribution < 1.29 is 14.6 Å². The number of hydrogen-bond acceptors (Lipinski definition) is 6. The van der Waals surface area contributed by atoms with Crippen molar-refractivity contribution in [3.63, 3.8) is 0 Å². The Bertz CT molecular complexity index is 878. The van der Waals surface area contributed by atoms with E-state index < -0.39 is 0 Å². The molecule has 2 fully saturated rings. The molecule has 1 aromatic heterocycles. The average molecular weight is 527 g/mol. The van der Waals surface area contributed by atoms with Crippen LogP contribution in [0.3, 0.4) is 0 Å². The van der Waals surface area contributed by atoms with E-state index in [1.165, 1.54) is 19.3 Å². The first-order chi connectivity index (χ1) is 16.1. The van der Waals surface area contributed by atoms with Crippen LogP contribution in [0.5, 0.6) is 11.6 Å². The number of hydrogen-bond donors (Lipinski definition) is 1. The second-order valence-corrected chi connectivity index (χ2v) is 9.74. The van der Waals surface area contributed by atoms with E-state index in [0.29, 0.717) is 25.1 Å². The van der Waals surface area contributed by atoms with Crippen molar-refractivity contribution in [3.05, 3.63) is 36.0 Å². The summed E-state index contributed by atoms with van der Waals surface area (Å²) < 4.78 is 12.2. The number of halogens is 2. The number of aromatic nitrogens is 2. The Labute approximate surface area is 222 Å². The molecule has 4 rings (SSSR count). The van der Waals surface area contributed by atoms with Crippen LogP contribution in [-0.4, -0.2) is 59.2 Å². The quantitative estimate of drug-likeness (QED) is 0.450. The Morgan fingerprint density at radius 1 is 1.03 bits per heavy atom. The second kappa shape index (κ2) is 14.8. The third kappa shape index (κ3) is 8.49. The van der Waals surface area contributed by atoms with Crippen LogP contribution in [0.25, 0.3) is 11.1 Å². The van der Waals surface area contributed by atoms with Gasteiger partial charge in [0.1, 0.15) is 5.75 Å². The van der Waals surface area contributed by atoms with E-state index >= 15 is 0 Å². The summed E-state index contributed by atoms with van der Waals surface area (Å²) in [6.45, 7) is 4.32. The van der Waals surface area contributed by atoms with Gasteiger partial charge in [-0.1, -0.05) is 31.9 Å². The molecule has 6 nitrogen and oxygen atoms in total. The van der Waals surface area contributed by atoms with Gasteiger partial charge in [-0.2, -0.15) is 5.10 Å². The van der Waals surface area contributed by atoms with E-state index in [2.05, 4.69) is 46.3 Å². The summed E-state index contributed by atoms with van der Waals surface area (Å²) in [5, 5.41) is 19.2. The number of rotatable bonds is 9. The van der Waals surface area contributed by atoms with Crippen LogP contribution >= 0.6 is 24.8 Å². The topological polar surface area (TPSA) is 67.7 Å². The number of piperidine rings is 1. The first-order valence-electron chi connectivity index (χ1n) is 12.8. The third-order valence-electron chi connectivity index (χ3n) is 7.01. The Hall–Kier alpha value is -1.60. The first kappa shape index (κ1) is 29.6. The predicted molar refractivity (Wildman–Crippen MR) is 145 cm³/mol. The molecular formula is C27H41Cl2N3O3. The van der Waals surface area contributed by atoms with Gasteiger partial charge in [-0.3, -0.25) is 0 Å². The lowest BCUT2D eigenvalue weighted by molar-refractivity contribution is 0.0107. The summed E-state index contributed by atoms with van der Waals surface area (Å²) in [7, 11) is 2.04. The van der Waals surface area contributed by atoms with Gasteiger partial charge in [-0.25, -0.2) is 0 Å². The van der Waals surface area contributed by atoms with Crippen LogP contribution in [0.2, 0.25) is 0 Å². The minimum Gasteiger partial charge on any atom is -0.490 e. The fraction of sp³-hybridized carbons (Fsp3) is 0.630. The molecule has 2 aliphatic rings. The molecular weight excluding hydrogens is 485 g/mol. The summed E-state index contributed by atoms with van der Waals surface area (Å²) in [4.78, 5) is 2.16. The first-order valence-corrected chi connectivity index (χ1v) is 12.8. The van der Waals surface area contributed by atoms with Crippen LogP contribution in [0.1, 0.15) is 64.0 Å². The van der Waals surface area contributed by atoms with Crippen LogP contribution < -0.4 is 9.47 Å². The van der Waals surface area contributed by atoms with Crippen molar-refractivity contribution in [2.45, 2.75) is 76.9 Å². The van der Waals surface area contributed by atoms with Crippen LogP contribution in [0.15, 0.2) is 30.3 Å². The smallest absolute Gasteiger partial charge is 0.234 e. The maximum Gasteiger partial charge on any atom is 0.234 e. The standard InChI is InChI=1S/C27H39N3O3.2ClH/c1-3-4-10-25-24(20-11-13-23(14-12-20)33-22-8-6-5-7-9-22)17-27(29-28-25)32-19-21-15-16-30(2)18-26(21)31;;/h11-14,17,21-22,26,31H,3-10,15-16,18-19H2,1-2H3;2*1H/t21-,26+;;/m0../s1. The average Bonchev–Trinajstić information content (AvgIpc) is 2.84. The molecule has 0 spiro atoms. The van der Waals surface area contributed by atoms with Crippen molar-refractivity contribution in [1.82, 2.24) is 15.1 Å². The zero-order chi connectivity index (χ0) is 23.0. The number of β-amino-alcohol motifs (C(OH)–C–C–N with tert-alkyl or cyclic N) is 1. The molecule has 8 heteroatoms. The molecule has 0 radical (unpaired) electrons. The molecule has 1 saturated carbocycles. The number of aliphatic hydroxyl groups is 1. The molecule has 0 unspecified atom stereocenters. The zero-order valence-electron chi connectivity index (χ0n) is 21.0. The molecule has 1 saturated heterocycles. The van der Waals surface area contributed by atoms with Crippen LogP contribution in [0, 0.1) is 5.92 Å². The van der Waals surface area contributed by atoms with Gasteiger partial charge < -0.3 is 19.5 Å². The zero-order valence-corrected chi connectivity index (χ0v) is 22.7. The van der Waals surface area contributed by atoms with Crippen molar-refractivity contribution in [3.8, 4) is 22.8 Å². The van der Waals surface area contributed by atoms with Gasteiger partial charge in [0.2, 0.25) is 5.88 Å². The van der Waals surface area contributed by atoms with Crippen molar-refractivity contribution >= 4 is 24.8 Å². The molecule has 1 aromatic carbocycles. The molecule has 2 aromatic rings. The molecule has 2 heterocycles. The second-order valence-electron chi connectivity index (χ2n) is 9.74. The van der Waals surface area contributed by atoms with Gasteiger partial charge in [0.15, 0.2) is 0 Å². The monoisotopic (exact) mass is 525 g/mol. The lowest BCUT2D eigenvalue weighted by Gasteiger charge is -2.33. The summed E-state index contributed by atoms with van der Waals surface area (Å²) in [5.74, 6) is 1.59. The van der Waals surface area contributed by atoms with Gasteiger partial charge in [0.05, 0.1) is 24.5 Å². The minimum atomic E-state index is -0.364. The molecule has 35 heavy (non-hydrogen) atoms. The highest BCUT2D eigenvalue weighted by molar-refractivity contribution is 5.85. The van der Waals surface area contributed by atoms with Crippen LogP contribution in [-0.2, 0) is 6.42 Å². The summed E-state index contributed by atoms with van der Waals surface area (Å²) in [6, 6.07) is 10.4. The Balaban J connectivity index is 0.00000216. The lowest BCUT2D eigenvalue weighted by atomic mass is 9.95. The van der Waals surface area contributed by atoms with E-state index in [-0.39, 0.29) is 36.8 Å². The maximum atomic E-state index is 10.4. The summed E-state index contributed by atoms with van der Waals surface area (Å²) in [5.41, 5.74) is 3.18. The third-order valence-corrected chi connectivity index (χ3v) is 7.01. The molecule has 1 aliphatic carbocycles. The fourth-order valence-electron chi connectivity index (χ4n) is 4.86. The number of ether oxygens (including phenoxy) is 2. The Morgan fingerprint density at radius 3 is 2.46 bits per heavy atom. The molecule has 1 aliphatic heterocycles. The maximum absolute atomic E-state index is 10.4. The van der Waals surface area contributed by atoms with E-state index in [4.69, 9.17) is 9.47 Å². The van der Waals surface area contributed by atoms with E-state index in [1.807, 2.05) is 13.1 Å². The number of unbranched alkanes of at least 4 members (excludes halogenated alkanes) is 1. The van der Waals surface area contributed by atoms with E-state index in [1.54, 1.807) is 0 Å². The van der Waals surface area contributed by atoms with Crippen molar-refractivity contribution in [2.75, 3.05) is 26.7 Å². The highest BCUT2D eigenvalue weighted by Crippen LogP contribution is 2.30. The normalized spacial score (nSPS) is 21.0.